The first-order chi connectivity index (χ1) is 8.08. The van der Waals surface area contributed by atoms with E-state index in [0.717, 1.165) is 12.8 Å². The van der Waals surface area contributed by atoms with E-state index in [2.05, 4.69) is 6.92 Å². The minimum Gasteiger partial charge on any atom is -0.379 e. The molecule has 0 aliphatic heterocycles. The molecule has 0 bridgehead atoms. The van der Waals surface area contributed by atoms with Crippen molar-refractivity contribution >= 4 is 17.4 Å². The molecule has 0 fully saturated rings. The predicted octanol–water partition coefficient (Wildman–Crippen LogP) is 3.68. The van der Waals surface area contributed by atoms with Gasteiger partial charge in [0.05, 0.1) is 6.61 Å². The number of ketones is 1. The number of benzene rings is 1. The van der Waals surface area contributed by atoms with Crippen molar-refractivity contribution in [1.29, 1.82) is 0 Å². The second kappa shape index (κ2) is 6.77. The van der Waals surface area contributed by atoms with E-state index in [9.17, 15) is 4.79 Å². The SMILES string of the molecule is CCCCOCC(C)(Cl)C(=O)c1ccccc1. The van der Waals surface area contributed by atoms with Gasteiger partial charge in [0.1, 0.15) is 4.87 Å². The topological polar surface area (TPSA) is 26.3 Å². The molecule has 0 aliphatic carbocycles. The molecule has 3 heteroatoms. The van der Waals surface area contributed by atoms with Crippen molar-refractivity contribution in [2.45, 2.75) is 31.6 Å². The molecule has 17 heavy (non-hydrogen) atoms. The van der Waals surface area contributed by atoms with Crippen LogP contribution in [0, 0.1) is 0 Å². The number of Topliss-reactive ketones (excluding diaryl/α,β-unsaturated/α-hetero) is 1. The van der Waals surface area contributed by atoms with Gasteiger partial charge in [-0.25, -0.2) is 0 Å². The second-order valence-corrected chi connectivity index (χ2v) is 5.13. The lowest BCUT2D eigenvalue weighted by molar-refractivity contribution is 0.0774. The molecule has 0 amide bonds. The first-order valence-corrected chi connectivity index (χ1v) is 6.32. The van der Waals surface area contributed by atoms with E-state index in [1.165, 1.54) is 0 Å². The summed E-state index contributed by atoms with van der Waals surface area (Å²) in [5.41, 5.74) is 0.629. The number of halogens is 1. The molecule has 0 N–H and O–H groups in total. The van der Waals surface area contributed by atoms with Gasteiger partial charge in [0.2, 0.25) is 0 Å². The van der Waals surface area contributed by atoms with Crippen LogP contribution >= 0.6 is 11.6 Å². The van der Waals surface area contributed by atoms with Crippen LogP contribution < -0.4 is 0 Å². The first kappa shape index (κ1) is 14.2. The Kier molecular flexibility index (Phi) is 5.66. The molecule has 2 nitrogen and oxygen atoms in total. The fourth-order valence-electron chi connectivity index (χ4n) is 1.47. The van der Waals surface area contributed by atoms with Gasteiger partial charge in [-0.1, -0.05) is 43.7 Å². The van der Waals surface area contributed by atoms with Crippen LogP contribution in [0.15, 0.2) is 30.3 Å². The van der Waals surface area contributed by atoms with E-state index >= 15 is 0 Å². The number of hydrogen-bond acceptors (Lipinski definition) is 2. The van der Waals surface area contributed by atoms with Crippen molar-refractivity contribution in [3.63, 3.8) is 0 Å². The molecule has 0 saturated heterocycles. The minimum absolute atomic E-state index is 0.0868. The van der Waals surface area contributed by atoms with Crippen molar-refractivity contribution in [2.75, 3.05) is 13.2 Å². The van der Waals surface area contributed by atoms with Gasteiger partial charge in [-0.2, -0.15) is 0 Å². The number of unbranched alkanes of at least 4 members (excludes halogenated alkanes) is 1. The molecule has 0 spiro atoms. The molecule has 0 aliphatic rings. The zero-order valence-corrected chi connectivity index (χ0v) is 11.2. The van der Waals surface area contributed by atoms with Gasteiger partial charge in [0.15, 0.2) is 5.78 Å². The third kappa shape index (κ3) is 4.49. The van der Waals surface area contributed by atoms with Crippen molar-refractivity contribution in [3.8, 4) is 0 Å². The van der Waals surface area contributed by atoms with Crippen LogP contribution in [0.3, 0.4) is 0 Å². The summed E-state index contributed by atoms with van der Waals surface area (Å²) in [6.45, 7) is 4.71. The van der Waals surface area contributed by atoms with E-state index in [1.54, 1.807) is 19.1 Å². The van der Waals surface area contributed by atoms with Crippen LogP contribution in [0.4, 0.5) is 0 Å². The third-order valence-electron chi connectivity index (χ3n) is 2.52. The number of alkyl halides is 1. The normalized spacial score (nSPS) is 14.3. The molecule has 0 radical (unpaired) electrons. The minimum atomic E-state index is -0.977. The quantitative estimate of drug-likeness (QED) is 0.422. The largest absolute Gasteiger partial charge is 0.379 e. The molecule has 1 aromatic carbocycles. The molecule has 1 unspecified atom stereocenters. The monoisotopic (exact) mass is 254 g/mol. The fourth-order valence-corrected chi connectivity index (χ4v) is 1.65. The summed E-state index contributed by atoms with van der Waals surface area (Å²) in [5, 5.41) is 0. The molecule has 0 saturated carbocycles. The van der Waals surface area contributed by atoms with Gasteiger partial charge in [-0.05, 0) is 13.3 Å². The van der Waals surface area contributed by atoms with Gasteiger partial charge in [0, 0.05) is 12.2 Å². The Morgan fingerprint density at radius 2 is 2.00 bits per heavy atom. The molecular formula is C14H19ClO2. The van der Waals surface area contributed by atoms with Crippen LogP contribution in [-0.4, -0.2) is 23.9 Å². The molecule has 94 valence electrons. The van der Waals surface area contributed by atoms with Crippen molar-refractivity contribution in [1.82, 2.24) is 0 Å². The van der Waals surface area contributed by atoms with Crippen LogP contribution in [0.2, 0.25) is 0 Å². The maximum atomic E-state index is 12.1. The van der Waals surface area contributed by atoms with E-state index in [0.29, 0.717) is 12.2 Å². The van der Waals surface area contributed by atoms with Crippen molar-refractivity contribution < 1.29 is 9.53 Å². The van der Waals surface area contributed by atoms with Crippen LogP contribution in [-0.2, 0) is 4.74 Å². The molecule has 0 heterocycles. The maximum Gasteiger partial charge on any atom is 0.185 e. The first-order valence-electron chi connectivity index (χ1n) is 5.94. The number of ether oxygens (including phenoxy) is 1. The van der Waals surface area contributed by atoms with Gasteiger partial charge >= 0.3 is 0 Å². The number of carbonyl (C=O) groups excluding carboxylic acids is 1. The highest BCUT2D eigenvalue weighted by atomic mass is 35.5. The van der Waals surface area contributed by atoms with E-state index in [1.807, 2.05) is 18.2 Å². The summed E-state index contributed by atoms with van der Waals surface area (Å²) < 4.78 is 5.43. The lowest BCUT2D eigenvalue weighted by atomic mass is 9.99. The van der Waals surface area contributed by atoms with Crippen molar-refractivity contribution in [2.24, 2.45) is 0 Å². The fraction of sp³-hybridized carbons (Fsp3) is 0.500. The summed E-state index contributed by atoms with van der Waals surface area (Å²) >= 11 is 6.23. The average molecular weight is 255 g/mol. The highest BCUT2D eigenvalue weighted by Crippen LogP contribution is 2.21. The number of carbonyl (C=O) groups is 1. The zero-order chi connectivity index (χ0) is 12.7. The lowest BCUT2D eigenvalue weighted by Crippen LogP contribution is -2.34. The second-order valence-electron chi connectivity index (χ2n) is 4.30. The zero-order valence-electron chi connectivity index (χ0n) is 10.4. The average Bonchev–Trinajstić information content (AvgIpc) is 2.35. The molecule has 1 rings (SSSR count). The Morgan fingerprint density at radius 3 is 2.59 bits per heavy atom. The summed E-state index contributed by atoms with van der Waals surface area (Å²) in [6, 6.07) is 9.08. The molecule has 0 aromatic heterocycles. The van der Waals surface area contributed by atoms with Crippen LogP contribution in [0.1, 0.15) is 37.0 Å². The molecule has 1 aromatic rings. The Bertz CT molecular complexity index is 346. The number of rotatable bonds is 7. The Hall–Kier alpha value is -0.860. The lowest BCUT2D eigenvalue weighted by Gasteiger charge is -2.20. The highest BCUT2D eigenvalue weighted by Gasteiger charge is 2.31. The molecule has 1 atom stereocenters. The van der Waals surface area contributed by atoms with Crippen LogP contribution in [0.5, 0.6) is 0 Å². The third-order valence-corrected chi connectivity index (χ3v) is 2.81. The van der Waals surface area contributed by atoms with E-state index in [-0.39, 0.29) is 12.4 Å². The summed E-state index contributed by atoms with van der Waals surface area (Å²) in [5.74, 6) is -0.0868. The summed E-state index contributed by atoms with van der Waals surface area (Å²) in [7, 11) is 0. The van der Waals surface area contributed by atoms with Gasteiger partial charge in [-0.15, -0.1) is 11.6 Å². The van der Waals surface area contributed by atoms with Gasteiger partial charge in [-0.3, -0.25) is 4.79 Å². The summed E-state index contributed by atoms with van der Waals surface area (Å²) in [6.07, 6.45) is 2.07. The van der Waals surface area contributed by atoms with Gasteiger partial charge < -0.3 is 4.74 Å². The molecular weight excluding hydrogens is 236 g/mol. The Morgan fingerprint density at radius 1 is 1.35 bits per heavy atom. The standard InChI is InChI=1S/C14H19ClO2/c1-3-4-10-17-11-14(2,15)13(16)12-8-6-5-7-9-12/h5-9H,3-4,10-11H2,1-2H3. The maximum absolute atomic E-state index is 12.1. The Balaban J connectivity index is 2.55. The van der Waals surface area contributed by atoms with E-state index in [4.69, 9.17) is 16.3 Å². The highest BCUT2D eigenvalue weighted by molar-refractivity contribution is 6.37. The van der Waals surface area contributed by atoms with Gasteiger partial charge in [0.25, 0.3) is 0 Å². The summed E-state index contributed by atoms with van der Waals surface area (Å²) in [4.78, 5) is 11.1. The smallest absolute Gasteiger partial charge is 0.185 e. The van der Waals surface area contributed by atoms with E-state index < -0.39 is 4.87 Å². The predicted molar refractivity (Wildman–Crippen MR) is 70.8 cm³/mol. The number of hydrogen-bond donors (Lipinski definition) is 0. The van der Waals surface area contributed by atoms with Crippen LogP contribution in [0.25, 0.3) is 0 Å². The van der Waals surface area contributed by atoms with Crippen molar-refractivity contribution in [3.05, 3.63) is 35.9 Å². The Labute approximate surface area is 108 Å².